The van der Waals surface area contributed by atoms with E-state index in [1.54, 1.807) is 0 Å². The number of carbonyl (C=O) groups is 1. The third kappa shape index (κ3) is 5.71. The molecule has 0 bridgehead atoms. The normalized spacial score (nSPS) is 19.0. The SMILES string of the molecule is CN(CC(=O)N1C[C@@H](N)[C@H](c2ccccc2)C1)Cc1ccccc1.Cl.Cl. The summed E-state index contributed by atoms with van der Waals surface area (Å²) in [7, 11) is 1.98. The van der Waals surface area contributed by atoms with Crippen molar-refractivity contribution in [1.29, 1.82) is 0 Å². The zero-order valence-electron chi connectivity index (χ0n) is 15.0. The first kappa shape index (κ1) is 22.5. The van der Waals surface area contributed by atoms with Gasteiger partial charge in [-0.2, -0.15) is 0 Å². The lowest BCUT2D eigenvalue weighted by Gasteiger charge is -2.21. The Labute approximate surface area is 168 Å². The summed E-state index contributed by atoms with van der Waals surface area (Å²) in [6.07, 6.45) is 0. The maximum absolute atomic E-state index is 12.6. The molecule has 2 aromatic carbocycles. The molecule has 142 valence electrons. The first-order chi connectivity index (χ1) is 11.6. The van der Waals surface area contributed by atoms with Gasteiger partial charge in [0.05, 0.1) is 6.54 Å². The number of likely N-dealkylation sites (tertiary alicyclic amines) is 1. The number of rotatable bonds is 5. The molecule has 4 nitrogen and oxygen atoms in total. The number of nitrogens with two attached hydrogens (primary N) is 1. The van der Waals surface area contributed by atoms with Crippen LogP contribution in [0.5, 0.6) is 0 Å². The van der Waals surface area contributed by atoms with Crippen molar-refractivity contribution in [2.45, 2.75) is 18.5 Å². The van der Waals surface area contributed by atoms with Crippen molar-refractivity contribution < 1.29 is 4.79 Å². The highest BCUT2D eigenvalue weighted by Crippen LogP contribution is 2.26. The van der Waals surface area contributed by atoms with Crippen molar-refractivity contribution in [2.75, 3.05) is 26.7 Å². The lowest BCUT2D eigenvalue weighted by atomic mass is 9.95. The fourth-order valence-corrected chi connectivity index (χ4v) is 3.37. The molecule has 0 saturated carbocycles. The molecule has 2 atom stereocenters. The van der Waals surface area contributed by atoms with E-state index in [0.717, 1.165) is 6.54 Å². The molecule has 1 fully saturated rings. The van der Waals surface area contributed by atoms with Crippen LogP contribution >= 0.6 is 24.8 Å². The number of hydrogen-bond acceptors (Lipinski definition) is 3. The molecule has 0 unspecified atom stereocenters. The Morgan fingerprint density at radius 2 is 1.62 bits per heavy atom. The monoisotopic (exact) mass is 395 g/mol. The van der Waals surface area contributed by atoms with Crippen LogP contribution in [0.3, 0.4) is 0 Å². The zero-order chi connectivity index (χ0) is 16.9. The van der Waals surface area contributed by atoms with E-state index in [9.17, 15) is 4.79 Å². The largest absolute Gasteiger partial charge is 0.339 e. The maximum Gasteiger partial charge on any atom is 0.236 e. The molecule has 6 heteroatoms. The molecule has 1 aliphatic heterocycles. The van der Waals surface area contributed by atoms with Gasteiger partial charge in [-0.15, -0.1) is 24.8 Å². The minimum atomic E-state index is 0. The first-order valence-electron chi connectivity index (χ1n) is 8.44. The first-order valence-corrected chi connectivity index (χ1v) is 8.44. The molecule has 3 rings (SSSR count). The molecule has 26 heavy (non-hydrogen) atoms. The van der Waals surface area contributed by atoms with Gasteiger partial charge in [-0.3, -0.25) is 9.69 Å². The summed E-state index contributed by atoms with van der Waals surface area (Å²) in [5.74, 6) is 0.386. The molecule has 1 saturated heterocycles. The van der Waals surface area contributed by atoms with E-state index in [4.69, 9.17) is 5.73 Å². The standard InChI is InChI=1S/C20H25N3O.2ClH/c1-22(12-16-8-4-2-5-9-16)15-20(24)23-13-18(19(21)14-23)17-10-6-3-7-11-17;;/h2-11,18-19H,12-15,21H2,1H3;2*1H/t18-,19+;;/m0../s1. The highest BCUT2D eigenvalue weighted by Gasteiger charge is 2.33. The van der Waals surface area contributed by atoms with Crippen LogP contribution in [0.15, 0.2) is 60.7 Å². The van der Waals surface area contributed by atoms with Crippen molar-refractivity contribution in [3.05, 3.63) is 71.8 Å². The van der Waals surface area contributed by atoms with Crippen LogP contribution in [0.2, 0.25) is 0 Å². The van der Waals surface area contributed by atoms with Crippen molar-refractivity contribution in [3.63, 3.8) is 0 Å². The zero-order valence-corrected chi connectivity index (χ0v) is 16.6. The molecule has 1 amide bonds. The number of benzene rings is 2. The van der Waals surface area contributed by atoms with E-state index in [2.05, 4.69) is 29.2 Å². The minimum Gasteiger partial charge on any atom is -0.339 e. The predicted octanol–water partition coefficient (Wildman–Crippen LogP) is 2.92. The van der Waals surface area contributed by atoms with Crippen LogP contribution in [0.4, 0.5) is 0 Å². The smallest absolute Gasteiger partial charge is 0.236 e. The molecule has 0 aromatic heterocycles. The molecular weight excluding hydrogens is 369 g/mol. The minimum absolute atomic E-state index is 0. The molecule has 0 spiro atoms. The lowest BCUT2D eigenvalue weighted by Crippen LogP contribution is -2.38. The third-order valence-corrected chi connectivity index (χ3v) is 4.65. The van der Waals surface area contributed by atoms with Gasteiger partial charge in [-0.05, 0) is 18.2 Å². The second kappa shape index (κ2) is 10.5. The van der Waals surface area contributed by atoms with Crippen LogP contribution in [-0.4, -0.2) is 48.4 Å². The average molecular weight is 396 g/mol. The average Bonchev–Trinajstić information content (AvgIpc) is 2.98. The molecule has 1 heterocycles. The Morgan fingerprint density at radius 3 is 2.23 bits per heavy atom. The van der Waals surface area contributed by atoms with E-state index < -0.39 is 0 Å². The fourth-order valence-electron chi connectivity index (χ4n) is 3.37. The predicted molar refractivity (Wildman–Crippen MR) is 111 cm³/mol. The van der Waals surface area contributed by atoms with E-state index in [1.165, 1.54) is 11.1 Å². The van der Waals surface area contributed by atoms with Crippen LogP contribution < -0.4 is 5.73 Å². The van der Waals surface area contributed by atoms with Gasteiger partial charge in [0.15, 0.2) is 0 Å². The summed E-state index contributed by atoms with van der Waals surface area (Å²) in [4.78, 5) is 16.6. The van der Waals surface area contributed by atoms with Gasteiger partial charge in [0.25, 0.3) is 0 Å². The Morgan fingerprint density at radius 1 is 1.04 bits per heavy atom. The summed E-state index contributed by atoms with van der Waals surface area (Å²) < 4.78 is 0. The van der Waals surface area contributed by atoms with Gasteiger partial charge < -0.3 is 10.6 Å². The topological polar surface area (TPSA) is 49.6 Å². The second-order valence-corrected chi connectivity index (χ2v) is 6.64. The van der Waals surface area contributed by atoms with Gasteiger partial charge in [-0.1, -0.05) is 60.7 Å². The molecule has 0 radical (unpaired) electrons. The summed E-state index contributed by atoms with van der Waals surface area (Å²) >= 11 is 0. The van der Waals surface area contributed by atoms with Crippen molar-refractivity contribution in [1.82, 2.24) is 9.80 Å². The highest BCUT2D eigenvalue weighted by atomic mass is 35.5. The van der Waals surface area contributed by atoms with Gasteiger partial charge in [0.1, 0.15) is 0 Å². The Hall–Kier alpha value is -1.59. The van der Waals surface area contributed by atoms with E-state index in [0.29, 0.717) is 19.6 Å². The van der Waals surface area contributed by atoms with E-state index in [1.807, 2.05) is 48.3 Å². The second-order valence-electron chi connectivity index (χ2n) is 6.64. The van der Waals surface area contributed by atoms with Crippen LogP contribution in [0.1, 0.15) is 17.0 Å². The molecule has 2 N–H and O–H groups in total. The van der Waals surface area contributed by atoms with Crippen LogP contribution in [0, 0.1) is 0 Å². The molecule has 1 aliphatic rings. The summed E-state index contributed by atoms with van der Waals surface area (Å²) in [6.45, 7) is 2.54. The van der Waals surface area contributed by atoms with E-state index >= 15 is 0 Å². The Balaban J connectivity index is 0.00000169. The van der Waals surface area contributed by atoms with Crippen molar-refractivity contribution in [2.24, 2.45) is 5.73 Å². The fraction of sp³-hybridized carbons (Fsp3) is 0.350. The number of likely N-dealkylation sites (N-methyl/N-ethyl adjacent to an activating group) is 1. The van der Waals surface area contributed by atoms with Gasteiger partial charge >= 0.3 is 0 Å². The summed E-state index contributed by atoms with van der Waals surface area (Å²) in [6, 6.07) is 20.5. The maximum atomic E-state index is 12.6. The van der Waals surface area contributed by atoms with Crippen LogP contribution in [0.25, 0.3) is 0 Å². The Bertz CT molecular complexity index is 669. The van der Waals surface area contributed by atoms with Gasteiger partial charge in [0, 0.05) is 31.6 Å². The molecule has 0 aliphatic carbocycles. The number of halogens is 2. The number of carbonyl (C=O) groups excluding carboxylic acids is 1. The number of amides is 1. The van der Waals surface area contributed by atoms with Gasteiger partial charge in [0.2, 0.25) is 5.91 Å². The van der Waals surface area contributed by atoms with Crippen LogP contribution in [-0.2, 0) is 11.3 Å². The highest BCUT2D eigenvalue weighted by molar-refractivity contribution is 5.85. The third-order valence-electron chi connectivity index (χ3n) is 4.65. The Kier molecular flexibility index (Phi) is 9.09. The lowest BCUT2D eigenvalue weighted by molar-refractivity contribution is -0.131. The summed E-state index contributed by atoms with van der Waals surface area (Å²) in [5.41, 5.74) is 8.72. The van der Waals surface area contributed by atoms with E-state index in [-0.39, 0.29) is 42.7 Å². The molecular formula is C20H27Cl2N3O. The number of nitrogens with zero attached hydrogens (tertiary/aromatic N) is 2. The molecule has 2 aromatic rings. The number of hydrogen-bond donors (Lipinski definition) is 1. The quantitative estimate of drug-likeness (QED) is 0.846. The van der Waals surface area contributed by atoms with Gasteiger partial charge in [-0.25, -0.2) is 0 Å². The van der Waals surface area contributed by atoms with Crippen molar-refractivity contribution >= 4 is 30.7 Å². The van der Waals surface area contributed by atoms with Crippen molar-refractivity contribution in [3.8, 4) is 0 Å². The summed E-state index contributed by atoms with van der Waals surface area (Å²) in [5, 5.41) is 0.